The third-order valence-corrected chi connectivity index (χ3v) is 14.2. The van der Waals surface area contributed by atoms with Gasteiger partial charge in [-0.15, -0.1) is 0 Å². The molecule has 3 aliphatic rings. The van der Waals surface area contributed by atoms with Gasteiger partial charge in [0.2, 0.25) is 0 Å². The lowest BCUT2D eigenvalue weighted by atomic mass is 9.38. The van der Waals surface area contributed by atoms with Crippen molar-refractivity contribution in [1.29, 1.82) is 0 Å². The summed E-state index contributed by atoms with van der Waals surface area (Å²) in [6, 6.07) is 93.1. The Kier molecular flexibility index (Phi) is 7.80. The highest BCUT2D eigenvalue weighted by Gasteiger charge is 2.66. The molecule has 3 aliphatic carbocycles. The number of rotatable bonds is 5. The van der Waals surface area contributed by atoms with E-state index in [1.54, 1.807) is 0 Å². The van der Waals surface area contributed by atoms with Crippen LogP contribution in [0.4, 0.5) is 17.1 Å². The molecule has 0 fully saturated rings. The Balaban J connectivity index is 1.17. The van der Waals surface area contributed by atoms with Crippen molar-refractivity contribution in [3.63, 3.8) is 0 Å². The van der Waals surface area contributed by atoms with Crippen molar-refractivity contribution in [2.75, 3.05) is 4.90 Å². The number of benzene rings is 10. The van der Waals surface area contributed by atoms with E-state index in [2.05, 4.69) is 254 Å². The molecule has 10 aromatic rings. The van der Waals surface area contributed by atoms with Crippen molar-refractivity contribution >= 4 is 17.1 Å². The monoisotopic (exact) mass is 799 g/mol. The van der Waals surface area contributed by atoms with Gasteiger partial charge < -0.3 is 4.90 Å². The summed E-state index contributed by atoms with van der Waals surface area (Å²) in [5.41, 5.74) is 22.6. The Morgan fingerprint density at radius 1 is 0.222 bits per heavy atom. The molecule has 0 unspecified atom stereocenters. The summed E-state index contributed by atoms with van der Waals surface area (Å²) >= 11 is 0. The molecular weight excluding hydrogens is 759 g/mol. The molecule has 0 atom stereocenters. The van der Waals surface area contributed by atoms with Crippen LogP contribution in [-0.4, -0.2) is 0 Å². The number of anilines is 3. The van der Waals surface area contributed by atoms with Gasteiger partial charge in [-0.2, -0.15) is 0 Å². The Bertz CT molecular complexity index is 3310. The molecule has 0 saturated heterocycles. The minimum atomic E-state index is -0.648. The van der Waals surface area contributed by atoms with Gasteiger partial charge in [0.15, 0.2) is 0 Å². The van der Waals surface area contributed by atoms with E-state index in [0.29, 0.717) is 0 Å². The maximum atomic E-state index is 2.56. The minimum absolute atomic E-state index is 0.602. The Morgan fingerprint density at radius 2 is 0.556 bits per heavy atom. The van der Waals surface area contributed by atoms with E-state index in [1.165, 1.54) is 89.0 Å². The fraction of sp³-hybridized carbons (Fsp3) is 0.0323. The van der Waals surface area contributed by atoms with Crippen LogP contribution < -0.4 is 4.90 Å². The zero-order valence-corrected chi connectivity index (χ0v) is 34.6. The second-order valence-electron chi connectivity index (χ2n) is 17.1. The maximum Gasteiger partial charge on any atom is 0.0648 e. The van der Waals surface area contributed by atoms with Crippen LogP contribution in [0.15, 0.2) is 249 Å². The zero-order valence-electron chi connectivity index (χ0n) is 34.6. The first-order chi connectivity index (χ1) is 31.3. The number of nitrogens with zero attached hydrogens (tertiary/aromatic N) is 1. The van der Waals surface area contributed by atoms with Gasteiger partial charge in [-0.1, -0.05) is 218 Å². The van der Waals surface area contributed by atoms with Gasteiger partial charge in [-0.3, -0.25) is 0 Å². The van der Waals surface area contributed by atoms with Gasteiger partial charge in [0, 0.05) is 16.9 Å². The van der Waals surface area contributed by atoms with E-state index >= 15 is 0 Å². The number of fused-ring (bicyclic) bond motifs is 9. The highest BCUT2D eigenvalue weighted by atomic mass is 15.1. The molecule has 1 nitrogen and oxygen atoms in total. The van der Waals surface area contributed by atoms with E-state index in [-0.39, 0.29) is 0 Å². The third-order valence-electron chi connectivity index (χ3n) is 14.2. The van der Waals surface area contributed by atoms with E-state index < -0.39 is 10.8 Å². The van der Waals surface area contributed by atoms with Gasteiger partial charge in [0.05, 0.1) is 16.5 Å². The summed E-state index contributed by atoms with van der Waals surface area (Å²) in [4.78, 5) is 2.49. The van der Waals surface area contributed by atoms with Crippen molar-refractivity contribution in [3.8, 4) is 55.6 Å². The van der Waals surface area contributed by atoms with Crippen LogP contribution in [0.5, 0.6) is 0 Å². The predicted octanol–water partition coefficient (Wildman–Crippen LogP) is 15.8. The Hall–Kier alpha value is -8.00. The molecule has 0 saturated carbocycles. The van der Waals surface area contributed by atoms with Gasteiger partial charge in [-0.05, 0) is 114 Å². The van der Waals surface area contributed by atoms with Crippen molar-refractivity contribution in [2.24, 2.45) is 0 Å². The minimum Gasteiger partial charge on any atom is -0.310 e. The van der Waals surface area contributed by atoms with Crippen molar-refractivity contribution < 1.29 is 0 Å². The SMILES string of the molecule is c1ccc(-c2ccc(N(c3ccc4c(c3)C35c6ccccc6-c6ccccc6C3(c3ccccc3-c3ccccc35)c3ccccc3-4)c3ccccc3-c3ccccc3)cc2)cc1. The summed E-state index contributed by atoms with van der Waals surface area (Å²) in [6.45, 7) is 0. The van der Waals surface area contributed by atoms with Crippen molar-refractivity contribution in [3.05, 3.63) is 282 Å². The molecule has 0 N–H and O–H groups in total. The summed E-state index contributed by atoms with van der Waals surface area (Å²) < 4.78 is 0. The maximum absolute atomic E-state index is 2.56. The molecule has 0 bridgehead atoms. The second-order valence-corrected chi connectivity index (χ2v) is 17.1. The molecule has 0 aliphatic heterocycles. The van der Waals surface area contributed by atoms with Gasteiger partial charge in [-0.25, -0.2) is 0 Å². The molecule has 0 amide bonds. The summed E-state index contributed by atoms with van der Waals surface area (Å²) in [5.74, 6) is 0. The molecule has 63 heavy (non-hydrogen) atoms. The molecule has 294 valence electrons. The lowest BCUT2D eigenvalue weighted by Gasteiger charge is -2.62. The first-order valence-corrected chi connectivity index (χ1v) is 22.0. The average molecular weight is 800 g/mol. The van der Waals surface area contributed by atoms with Crippen LogP contribution in [0.25, 0.3) is 55.6 Å². The number of hydrogen-bond acceptors (Lipinski definition) is 1. The van der Waals surface area contributed by atoms with Crippen LogP contribution >= 0.6 is 0 Å². The van der Waals surface area contributed by atoms with Crippen molar-refractivity contribution in [2.45, 2.75) is 10.8 Å². The quantitative estimate of drug-likeness (QED) is 0.168. The fourth-order valence-electron chi connectivity index (χ4n) is 11.9. The molecular formula is C62H41N. The van der Waals surface area contributed by atoms with E-state index in [1.807, 2.05) is 0 Å². The largest absolute Gasteiger partial charge is 0.310 e. The van der Waals surface area contributed by atoms with Gasteiger partial charge in [0.1, 0.15) is 0 Å². The van der Waals surface area contributed by atoms with Gasteiger partial charge >= 0.3 is 0 Å². The van der Waals surface area contributed by atoms with Crippen LogP contribution in [0.2, 0.25) is 0 Å². The Labute approximate surface area is 368 Å². The molecule has 0 aromatic heterocycles. The average Bonchev–Trinajstić information content (AvgIpc) is 3.37. The van der Waals surface area contributed by atoms with E-state index in [0.717, 1.165) is 17.1 Å². The van der Waals surface area contributed by atoms with Crippen molar-refractivity contribution in [1.82, 2.24) is 0 Å². The number of hydrogen-bond donors (Lipinski definition) is 0. The molecule has 13 rings (SSSR count). The standard InChI is InChI=1S/C62H41N/c1-3-19-42(20-4-1)43-35-37-45(38-36-43)63(60-34-18-12-23-47(60)44-21-5-2-6-22-44)46-39-40-53-52-28-11-15-31-56(52)61-54-29-13-7-24-48(54)50-26-9-16-32-57(50)62(61,59(53)41-46)58-33-17-10-27-51(58)49-25-8-14-30-55(49)61/h1-41H. The summed E-state index contributed by atoms with van der Waals surface area (Å²) in [5, 5.41) is 0. The topological polar surface area (TPSA) is 3.24 Å². The molecule has 1 heteroatoms. The zero-order chi connectivity index (χ0) is 41.5. The van der Waals surface area contributed by atoms with Gasteiger partial charge in [0.25, 0.3) is 0 Å². The number of para-hydroxylation sites is 1. The summed E-state index contributed by atoms with van der Waals surface area (Å²) in [6.07, 6.45) is 0. The highest BCUT2D eigenvalue weighted by Crippen LogP contribution is 2.73. The van der Waals surface area contributed by atoms with Crippen LogP contribution in [0.3, 0.4) is 0 Å². The van der Waals surface area contributed by atoms with Crippen LogP contribution in [-0.2, 0) is 10.8 Å². The Morgan fingerprint density at radius 3 is 1.03 bits per heavy atom. The summed E-state index contributed by atoms with van der Waals surface area (Å²) in [7, 11) is 0. The fourth-order valence-corrected chi connectivity index (χ4v) is 11.9. The van der Waals surface area contributed by atoms with Crippen LogP contribution in [0, 0.1) is 0 Å². The first-order valence-electron chi connectivity index (χ1n) is 22.0. The smallest absolute Gasteiger partial charge is 0.0648 e. The molecule has 0 heterocycles. The molecule has 0 radical (unpaired) electrons. The normalized spacial score (nSPS) is 17.0. The molecule has 10 aromatic carbocycles. The lowest BCUT2D eigenvalue weighted by Crippen LogP contribution is -2.58. The van der Waals surface area contributed by atoms with Crippen LogP contribution in [0.1, 0.15) is 33.4 Å². The highest BCUT2D eigenvalue weighted by molar-refractivity contribution is 5.99. The lowest BCUT2D eigenvalue weighted by molar-refractivity contribution is 0.405. The third kappa shape index (κ3) is 4.82. The second kappa shape index (κ2) is 13.8. The first kappa shape index (κ1) is 35.7. The molecule has 0 spiro atoms. The predicted molar refractivity (Wildman–Crippen MR) is 261 cm³/mol. The van der Waals surface area contributed by atoms with E-state index in [4.69, 9.17) is 0 Å². The van der Waals surface area contributed by atoms with E-state index in [9.17, 15) is 0 Å².